The van der Waals surface area contributed by atoms with Crippen LogP contribution < -0.4 is 5.32 Å². The van der Waals surface area contributed by atoms with Gasteiger partial charge in [0.1, 0.15) is 5.82 Å². The Morgan fingerprint density at radius 2 is 2.19 bits per heavy atom. The molecule has 0 spiro atoms. The van der Waals surface area contributed by atoms with Gasteiger partial charge in [-0.25, -0.2) is 4.39 Å². The number of aromatic nitrogens is 3. The molecule has 4 nitrogen and oxygen atoms in total. The molecule has 5 heteroatoms. The summed E-state index contributed by atoms with van der Waals surface area (Å²) in [5.74, 6) is 0.387. The molecule has 1 N–H and O–H groups in total. The molecule has 0 radical (unpaired) electrons. The Balaban J connectivity index is 2.11. The van der Waals surface area contributed by atoms with Crippen molar-refractivity contribution in [2.24, 2.45) is 0 Å². The first-order valence-corrected chi connectivity index (χ1v) is 7.04. The zero-order chi connectivity index (χ0) is 14.8. The van der Waals surface area contributed by atoms with Crippen molar-refractivity contribution in [2.75, 3.05) is 5.32 Å². The number of hydrogen-bond donors (Lipinski definition) is 1. The Morgan fingerprint density at radius 3 is 2.90 bits per heavy atom. The van der Waals surface area contributed by atoms with Crippen molar-refractivity contribution in [3.63, 3.8) is 0 Å². The number of hydrogen-bond acceptors (Lipinski definition) is 3. The minimum atomic E-state index is -0.263. The van der Waals surface area contributed by atoms with Gasteiger partial charge in [-0.3, -0.25) is 9.67 Å². The molecule has 1 unspecified atom stereocenters. The maximum absolute atomic E-state index is 13.6. The van der Waals surface area contributed by atoms with Crippen LogP contribution in [-0.4, -0.2) is 14.8 Å². The summed E-state index contributed by atoms with van der Waals surface area (Å²) in [6.45, 7) is 4.21. The fraction of sp³-hybridized carbons (Fsp3) is 0.250. The molecule has 0 aliphatic heterocycles. The second-order valence-corrected chi connectivity index (χ2v) is 5.08. The number of benzene rings is 1. The summed E-state index contributed by atoms with van der Waals surface area (Å²) in [6.07, 6.45) is 4.38. The standard InChI is InChI=1S/C16H17FN4/c1-3-11(2)21-15-7-6-12(17)9-14(15)16(20-21)19-13-5-4-8-18-10-13/h4-11H,3H2,1-2H3,(H,19,20). The third-order valence-corrected chi connectivity index (χ3v) is 3.60. The van der Waals surface area contributed by atoms with Gasteiger partial charge in [0.05, 0.1) is 17.4 Å². The highest BCUT2D eigenvalue weighted by atomic mass is 19.1. The molecule has 0 saturated heterocycles. The second-order valence-electron chi connectivity index (χ2n) is 5.08. The van der Waals surface area contributed by atoms with Crippen molar-refractivity contribution in [3.8, 4) is 0 Å². The molecule has 2 aromatic heterocycles. The van der Waals surface area contributed by atoms with E-state index in [1.54, 1.807) is 18.5 Å². The fourth-order valence-electron chi connectivity index (χ4n) is 2.29. The SMILES string of the molecule is CCC(C)n1nc(Nc2cccnc2)c2cc(F)ccc21. The minimum absolute atomic E-state index is 0.252. The fourth-order valence-corrected chi connectivity index (χ4v) is 2.29. The summed E-state index contributed by atoms with van der Waals surface area (Å²) in [4.78, 5) is 4.07. The zero-order valence-corrected chi connectivity index (χ0v) is 12.0. The predicted octanol–water partition coefficient (Wildman–Crippen LogP) is 4.29. The van der Waals surface area contributed by atoms with Crippen molar-refractivity contribution < 1.29 is 4.39 Å². The van der Waals surface area contributed by atoms with E-state index in [-0.39, 0.29) is 11.9 Å². The predicted molar refractivity (Wildman–Crippen MR) is 82.2 cm³/mol. The summed E-state index contributed by atoms with van der Waals surface area (Å²) in [6, 6.07) is 8.76. The van der Waals surface area contributed by atoms with E-state index in [9.17, 15) is 4.39 Å². The van der Waals surface area contributed by atoms with Crippen LogP contribution in [0.3, 0.4) is 0 Å². The third kappa shape index (κ3) is 2.59. The quantitative estimate of drug-likeness (QED) is 0.777. The molecule has 3 rings (SSSR count). The van der Waals surface area contributed by atoms with Crippen LogP contribution in [0.1, 0.15) is 26.3 Å². The van der Waals surface area contributed by atoms with Gasteiger partial charge in [0.2, 0.25) is 0 Å². The number of halogens is 1. The first kappa shape index (κ1) is 13.5. The Hall–Kier alpha value is -2.43. The van der Waals surface area contributed by atoms with Crippen LogP contribution in [0.25, 0.3) is 10.9 Å². The number of nitrogens with one attached hydrogen (secondary N) is 1. The number of fused-ring (bicyclic) bond motifs is 1. The molecule has 2 heterocycles. The molecular formula is C16H17FN4. The normalized spacial score (nSPS) is 12.5. The zero-order valence-electron chi connectivity index (χ0n) is 12.0. The molecule has 0 amide bonds. The highest BCUT2D eigenvalue weighted by Gasteiger charge is 2.14. The molecule has 21 heavy (non-hydrogen) atoms. The van der Waals surface area contributed by atoms with Gasteiger partial charge in [-0.05, 0) is 43.7 Å². The van der Waals surface area contributed by atoms with Gasteiger partial charge in [0.25, 0.3) is 0 Å². The van der Waals surface area contributed by atoms with Gasteiger partial charge in [-0.1, -0.05) is 6.92 Å². The summed E-state index contributed by atoms with van der Waals surface area (Å²) in [5.41, 5.74) is 1.76. The van der Waals surface area contributed by atoms with E-state index >= 15 is 0 Å². The molecule has 1 atom stereocenters. The van der Waals surface area contributed by atoms with Crippen molar-refractivity contribution in [1.82, 2.24) is 14.8 Å². The molecular weight excluding hydrogens is 267 g/mol. The van der Waals surface area contributed by atoms with Gasteiger partial charge in [-0.2, -0.15) is 5.10 Å². The van der Waals surface area contributed by atoms with Crippen LogP contribution in [0, 0.1) is 5.82 Å². The van der Waals surface area contributed by atoms with Crippen LogP contribution >= 0.6 is 0 Å². The van der Waals surface area contributed by atoms with E-state index < -0.39 is 0 Å². The summed E-state index contributed by atoms with van der Waals surface area (Å²) < 4.78 is 15.5. The van der Waals surface area contributed by atoms with Gasteiger partial charge < -0.3 is 5.32 Å². The average molecular weight is 284 g/mol. The minimum Gasteiger partial charge on any atom is -0.337 e. The molecule has 0 aliphatic rings. The van der Waals surface area contributed by atoms with Crippen LogP contribution in [0.15, 0.2) is 42.7 Å². The van der Waals surface area contributed by atoms with Crippen molar-refractivity contribution in [1.29, 1.82) is 0 Å². The van der Waals surface area contributed by atoms with E-state index in [0.717, 1.165) is 23.0 Å². The lowest BCUT2D eigenvalue weighted by Crippen LogP contribution is -2.05. The highest BCUT2D eigenvalue weighted by molar-refractivity contribution is 5.92. The summed E-state index contributed by atoms with van der Waals surface area (Å²) in [7, 11) is 0. The third-order valence-electron chi connectivity index (χ3n) is 3.60. The van der Waals surface area contributed by atoms with Gasteiger partial charge in [-0.15, -0.1) is 0 Å². The first-order valence-electron chi connectivity index (χ1n) is 7.04. The van der Waals surface area contributed by atoms with Crippen molar-refractivity contribution >= 4 is 22.4 Å². The van der Waals surface area contributed by atoms with Gasteiger partial charge >= 0.3 is 0 Å². The molecule has 1 aromatic carbocycles. The lowest BCUT2D eigenvalue weighted by atomic mass is 10.2. The van der Waals surface area contributed by atoms with Crippen LogP contribution in [-0.2, 0) is 0 Å². The monoisotopic (exact) mass is 284 g/mol. The molecule has 3 aromatic rings. The molecule has 0 fully saturated rings. The summed E-state index contributed by atoms with van der Waals surface area (Å²) in [5, 5.41) is 8.60. The summed E-state index contributed by atoms with van der Waals surface area (Å²) >= 11 is 0. The Morgan fingerprint density at radius 1 is 1.33 bits per heavy atom. The van der Waals surface area contributed by atoms with Crippen LogP contribution in [0.5, 0.6) is 0 Å². The maximum atomic E-state index is 13.6. The Labute approximate surface area is 122 Å². The molecule has 108 valence electrons. The van der Waals surface area contributed by atoms with E-state index in [4.69, 9.17) is 0 Å². The first-order chi connectivity index (χ1) is 10.2. The lowest BCUT2D eigenvalue weighted by molar-refractivity contribution is 0.494. The van der Waals surface area contributed by atoms with Gasteiger partial charge in [0, 0.05) is 17.6 Å². The van der Waals surface area contributed by atoms with Gasteiger partial charge in [0.15, 0.2) is 5.82 Å². The van der Waals surface area contributed by atoms with E-state index in [2.05, 4.69) is 29.2 Å². The molecule has 0 bridgehead atoms. The maximum Gasteiger partial charge on any atom is 0.160 e. The number of nitrogens with zero attached hydrogens (tertiary/aromatic N) is 3. The van der Waals surface area contributed by atoms with E-state index in [0.29, 0.717) is 5.82 Å². The van der Waals surface area contributed by atoms with E-state index in [1.807, 2.05) is 16.8 Å². The largest absolute Gasteiger partial charge is 0.337 e. The molecule has 0 aliphatic carbocycles. The lowest BCUT2D eigenvalue weighted by Gasteiger charge is -2.10. The number of rotatable bonds is 4. The van der Waals surface area contributed by atoms with Crippen molar-refractivity contribution in [3.05, 3.63) is 48.5 Å². The average Bonchev–Trinajstić information content (AvgIpc) is 2.85. The Kier molecular flexibility index (Phi) is 3.56. The Bertz CT molecular complexity index is 752. The topological polar surface area (TPSA) is 42.7 Å². The van der Waals surface area contributed by atoms with Crippen LogP contribution in [0.4, 0.5) is 15.9 Å². The van der Waals surface area contributed by atoms with Crippen LogP contribution in [0.2, 0.25) is 0 Å². The second kappa shape index (κ2) is 5.52. The smallest absolute Gasteiger partial charge is 0.160 e. The number of anilines is 2. The molecule has 0 saturated carbocycles. The highest BCUT2D eigenvalue weighted by Crippen LogP contribution is 2.29. The van der Waals surface area contributed by atoms with Crippen molar-refractivity contribution in [2.45, 2.75) is 26.3 Å². The number of pyridine rings is 1. The van der Waals surface area contributed by atoms with E-state index in [1.165, 1.54) is 12.1 Å².